The largest absolute Gasteiger partial charge is 0.357 e. The summed E-state index contributed by atoms with van der Waals surface area (Å²) in [6.07, 6.45) is 8.65. The van der Waals surface area contributed by atoms with E-state index in [-0.39, 0.29) is 0 Å². The van der Waals surface area contributed by atoms with Crippen LogP contribution in [0.25, 0.3) is 10.8 Å². The van der Waals surface area contributed by atoms with E-state index in [1.807, 2.05) is 6.20 Å². The highest BCUT2D eigenvalue weighted by atomic mass is 15.3. The quantitative estimate of drug-likeness (QED) is 0.630. The van der Waals surface area contributed by atoms with Gasteiger partial charge in [0, 0.05) is 43.3 Å². The van der Waals surface area contributed by atoms with Gasteiger partial charge >= 0.3 is 0 Å². The number of nitrogens with zero attached hydrogens (tertiary/aromatic N) is 3. The van der Waals surface area contributed by atoms with Gasteiger partial charge < -0.3 is 10.6 Å². The highest BCUT2D eigenvalue weighted by Gasteiger charge is 2.30. The van der Waals surface area contributed by atoms with E-state index in [2.05, 4.69) is 57.8 Å². The average Bonchev–Trinajstić information content (AvgIpc) is 3.38. The summed E-state index contributed by atoms with van der Waals surface area (Å²) in [5.74, 6) is 0.908. The fourth-order valence-corrected chi connectivity index (χ4v) is 4.48. The molecule has 0 spiro atoms. The molecular formula is C22H31N5. The number of rotatable bonds is 5. The second-order valence-electron chi connectivity index (χ2n) is 7.74. The lowest BCUT2D eigenvalue weighted by molar-refractivity contribution is 0.242. The van der Waals surface area contributed by atoms with Crippen LogP contribution in [-0.4, -0.2) is 47.6 Å². The molecule has 0 amide bonds. The monoisotopic (exact) mass is 365 g/mol. The first-order valence-corrected chi connectivity index (χ1v) is 10.4. The number of aromatic nitrogens is 1. The highest BCUT2D eigenvalue weighted by molar-refractivity contribution is 5.85. The van der Waals surface area contributed by atoms with Gasteiger partial charge in [0.15, 0.2) is 5.96 Å². The van der Waals surface area contributed by atoms with Crippen LogP contribution in [0.1, 0.15) is 44.7 Å². The third kappa shape index (κ3) is 4.41. The number of benzene rings is 1. The maximum absolute atomic E-state index is 4.83. The summed E-state index contributed by atoms with van der Waals surface area (Å²) < 4.78 is 0. The van der Waals surface area contributed by atoms with Crippen molar-refractivity contribution < 1.29 is 0 Å². The topological polar surface area (TPSA) is 52.6 Å². The van der Waals surface area contributed by atoms with Crippen molar-refractivity contribution in [3.8, 4) is 0 Å². The SMILES string of the molecule is CCNC(=NCc1nccc2ccccc12)NC1CCN(C2CCCC2)C1. The van der Waals surface area contributed by atoms with E-state index in [4.69, 9.17) is 4.99 Å². The van der Waals surface area contributed by atoms with Crippen LogP contribution in [0.15, 0.2) is 41.5 Å². The van der Waals surface area contributed by atoms with Crippen molar-refractivity contribution in [2.75, 3.05) is 19.6 Å². The standard InChI is InChI=1S/C22H31N5/c1-2-23-22(26-18-12-14-27(16-18)19-8-4-5-9-19)25-15-21-20-10-6-3-7-17(20)11-13-24-21/h3,6-7,10-11,13,18-19H,2,4-5,8-9,12,14-16H2,1H3,(H2,23,25,26). The molecule has 27 heavy (non-hydrogen) atoms. The third-order valence-electron chi connectivity index (χ3n) is 5.89. The number of aliphatic imine (C=N–C) groups is 1. The Kier molecular flexibility index (Phi) is 5.87. The van der Waals surface area contributed by atoms with E-state index in [0.717, 1.165) is 30.8 Å². The minimum Gasteiger partial charge on any atom is -0.357 e. The van der Waals surface area contributed by atoms with Gasteiger partial charge in [-0.2, -0.15) is 0 Å². The van der Waals surface area contributed by atoms with Gasteiger partial charge in [-0.1, -0.05) is 37.1 Å². The van der Waals surface area contributed by atoms with Crippen LogP contribution in [0.4, 0.5) is 0 Å². The molecule has 5 heteroatoms. The van der Waals surface area contributed by atoms with Crippen molar-refractivity contribution in [1.82, 2.24) is 20.5 Å². The molecule has 1 aliphatic carbocycles. The molecule has 0 radical (unpaired) electrons. The molecule has 2 aromatic rings. The van der Waals surface area contributed by atoms with E-state index in [0.29, 0.717) is 12.6 Å². The lowest BCUT2D eigenvalue weighted by atomic mass is 10.1. The molecule has 5 nitrogen and oxygen atoms in total. The number of likely N-dealkylation sites (tertiary alicyclic amines) is 1. The Morgan fingerprint density at radius 2 is 2.04 bits per heavy atom. The Labute approximate surface area is 162 Å². The zero-order valence-corrected chi connectivity index (χ0v) is 16.3. The van der Waals surface area contributed by atoms with Gasteiger partial charge in [-0.15, -0.1) is 0 Å². The van der Waals surface area contributed by atoms with Crippen LogP contribution in [0.5, 0.6) is 0 Å². The second-order valence-corrected chi connectivity index (χ2v) is 7.74. The molecule has 4 rings (SSSR count). The second kappa shape index (κ2) is 8.70. The first-order chi connectivity index (χ1) is 13.3. The van der Waals surface area contributed by atoms with Gasteiger partial charge in [0.05, 0.1) is 12.2 Å². The summed E-state index contributed by atoms with van der Waals surface area (Å²) in [5, 5.41) is 9.47. The number of fused-ring (bicyclic) bond motifs is 1. The molecule has 2 heterocycles. The van der Waals surface area contributed by atoms with E-state index >= 15 is 0 Å². The van der Waals surface area contributed by atoms with Crippen molar-refractivity contribution in [3.05, 3.63) is 42.2 Å². The van der Waals surface area contributed by atoms with Crippen molar-refractivity contribution >= 4 is 16.7 Å². The van der Waals surface area contributed by atoms with E-state index in [1.165, 1.54) is 49.4 Å². The van der Waals surface area contributed by atoms with Crippen LogP contribution < -0.4 is 10.6 Å². The van der Waals surface area contributed by atoms with Crippen LogP contribution in [-0.2, 0) is 6.54 Å². The minimum atomic E-state index is 0.490. The highest BCUT2D eigenvalue weighted by Crippen LogP contribution is 2.26. The summed E-state index contributed by atoms with van der Waals surface area (Å²) in [7, 11) is 0. The Bertz CT molecular complexity index is 776. The normalized spacial score (nSPS) is 21.8. The predicted octanol–water partition coefficient (Wildman–Crippen LogP) is 3.31. The molecule has 1 aromatic carbocycles. The smallest absolute Gasteiger partial charge is 0.191 e. The number of hydrogen-bond donors (Lipinski definition) is 2. The Morgan fingerprint density at radius 1 is 1.19 bits per heavy atom. The molecule has 2 fully saturated rings. The fourth-order valence-electron chi connectivity index (χ4n) is 4.48. The molecule has 2 N–H and O–H groups in total. The van der Waals surface area contributed by atoms with Gasteiger partial charge in [-0.3, -0.25) is 9.88 Å². The summed E-state index contributed by atoms with van der Waals surface area (Å²) in [6, 6.07) is 11.8. The van der Waals surface area contributed by atoms with Crippen molar-refractivity contribution in [2.45, 2.75) is 57.7 Å². The molecule has 2 aliphatic rings. The Balaban J connectivity index is 1.41. The number of nitrogens with one attached hydrogen (secondary N) is 2. The fraction of sp³-hybridized carbons (Fsp3) is 0.545. The van der Waals surface area contributed by atoms with Gasteiger partial charge in [0.25, 0.3) is 0 Å². The molecule has 1 aliphatic heterocycles. The van der Waals surface area contributed by atoms with Crippen molar-refractivity contribution in [2.24, 2.45) is 4.99 Å². The first kappa shape index (κ1) is 18.2. The molecule has 1 atom stereocenters. The number of pyridine rings is 1. The minimum absolute atomic E-state index is 0.490. The molecule has 1 aromatic heterocycles. The van der Waals surface area contributed by atoms with Crippen LogP contribution in [0.2, 0.25) is 0 Å². The molecule has 1 saturated carbocycles. The third-order valence-corrected chi connectivity index (χ3v) is 5.89. The maximum atomic E-state index is 4.83. The van der Waals surface area contributed by atoms with Gasteiger partial charge in [0.2, 0.25) is 0 Å². The zero-order chi connectivity index (χ0) is 18.5. The maximum Gasteiger partial charge on any atom is 0.191 e. The summed E-state index contributed by atoms with van der Waals surface area (Å²) >= 11 is 0. The lowest BCUT2D eigenvalue weighted by Crippen LogP contribution is -2.45. The predicted molar refractivity (Wildman–Crippen MR) is 112 cm³/mol. The van der Waals surface area contributed by atoms with E-state index < -0.39 is 0 Å². The zero-order valence-electron chi connectivity index (χ0n) is 16.3. The molecule has 1 unspecified atom stereocenters. The van der Waals surface area contributed by atoms with Crippen molar-refractivity contribution in [3.63, 3.8) is 0 Å². The van der Waals surface area contributed by atoms with E-state index in [9.17, 15) is 0 Å². The summed E-state index contributed by atoms with van der Waals surface area (Å²) in [5.41, 5.74) is 1.03. The van der Waals surface area contributed by atoms with E-state index in [1.54, 1.807) is 0 Å². The summed E-state index contributed by atoms with van der Waals surface area (Å²) in [6.45, 7) is 5.94. The van der Waals surface area contributed by atoms with Gasteiger partial charge in [-0.05, 0) is 37.6 Å². The average molecular weight is 366 g/mol. The first-order valence-electron chi connectivity index (χ1n) is 10.4. The molecule has 144 valence electrons. The van der Waals surface area contributed by atoms with Gasteiger partial charge in [-0.25, -0.2) is 4.99 Å². The van der Waals surface area contributed by atoms with Crippen LogP contribution in [0.3, 0.4) is 0 Å². The Hall–Kier alpha value is -2.14. The van der Waals surface area contributed by atoms with Crippen molar-refractivity contribution in [1.29, 1.82) is 0 Å². The lowest BCUT2D eigenvalue weighted by Gasteiger charge is -2.24. The molecule has 0 bridgehead atoms. The van der Waals surface area contributed by atoms with Crippen LogP contribution >= 0.6 is 0 Å². The number of hydrogen-bond acceptors (Lipinski definition) is 3. The van der Waals surface area contributed by atoms with Crippen LogP contribution in [0, 0.1) is 0 Å². The Morgan fingerprint density at radius 3 is 2.89 bits per heavy atom. The molecule has 1 saturated heterocycles. The number of guanidine groups is 1. The van der Waals surface area contributed by atoms with Gasteiger partial charge in [0.1, 0.15) is 0 Å². The molecular weight excluding hydrogens is 334 g/mol. The summed E-state index contributed by atoms with van der Waals surface area (Å²) in [4.78, 5) is 12.1.